The predicted molar refractivity (Wildman–Crippen MR) is 322 cm³/mol. The lowest BCUT2D eigenvalue weighted by Gasteiger charge is -2.11. The third kappa shape index (κ3) is 6.17. The Morgan fingerprint density at radius 2 is 0.481 bits per heavy atom. The van der Waals surface area contributed by atoms with Gasteiger partial charge in [0, 0.05) is 76.6 Å². The van der Waals surface area contributed by atoms with Crippen LogP contribution in [-0.4, -0.2) is 18.3 Å². The van der Waals surface area contributed by atoms with E-state index in [1.807, 2.05) is 12.1 Å². The molecule has 0 saturated heterocycles. The van der Waals surface area contributed by atoms with Gasteiger partial charge < -0.3 is 22.7 Å². The maximum atomic E-state index is 6.26. The highest BCUT2D eigenvalue weighted by Gasteiger charge is 2.21. The van der Waals surface area contributed by atoms with Crippen LogP contribution in [0, 0.1) is 0 Å². The summed E-state index contributed by atoms with van der Waals surface area (Å²) in [5, 5.41) is 12.0. The van der Waals surface area contributed by atoms with Gasteiger partial charge in [0.15, 0.2) is 0 Å². The number of hydrogen-bond acceptors (Lipinski definition) is 1. The average molecular weight is 981 g/mol. The van der Waals surface area contributed by atoms with E-state index in [9.17, 15) is 0 Å². The zero-order chi connectivity index (χ0) is 50.3. The molecule has 0 aliphatic carbocycles. The van der Waals surface area contributed by atoms with E-state index in [2.05, 4.69) is 273 Å². The Hall–Kier alpha value is -10.4. The molecule has 0 atom stereocenters. The van der Waals surface area contributed by atoms with Crippen LogP contribution in [-0.2, 0) is 0 Å². The Morgan fingerprint density at radius 3 is 0.935 bits per heavy atom. The molecule has 0 fully saturated rings. The van der Waals surface area contributed by atoms with Crippen LogP contribution >= 0.6 is 0 Å². The standard InChI is InChI=1S/C72H44N4O/c1-3-15-49(16-4-1)73-63-23-11-7-19-53(63)57-39-45(27-33-66(57)73)47-29-35-68-59(41-47)60-42-48(30-36-69(60)76(68)51-31-37-70-61(43-51)55-21-9-12-24-64(55)74(70)50-17-5-2-6-18-50)46-28-34-67-58(40-46)54-20-8-13-25-65(54)75(67)52-32-38-72-62(44-52)56-22-10-14-26-71(56)77-72/h1-44H. The summed E-state index contributed by atoms with van der Waals surface area (Å²) in [6, 6.07) is 97.8. The minimum atomic E-state index is 0.895. The van der Waals surface area contributed by atoms with E-state index in [0.29, 0.717) is 0 Å². The molecule has 0 N–H and O–H groups in total. The molecule has 0 amide bonds. The van der Waals surface area contributed by atoms with Gasteiger partial charge in [0.2, 0.25) is 0 Å². The summed E-state index contributed by atoms with van der Waals surface area (Å²) in [6.45, 7) is 0. The third-order valence-corrected chi connectivity index (χ3v) is 16.3. The summed E-state index contributed by atoms with van der Waals surface area (Å²) in [6.07, 6.45) is 0. The zero-order valence-corrected chi connectivity index (χ0v) is 41.6. The van der Waals surface area contributed by atoms with Crippen LogP contribution in [0.2, 0.25) is 0 Å². The van der Waals surface area contributed by atoms with Crippen molar-refractivity contribution in [1.29, 1.82) is 0 Å². The summed E-state index contributed by atoms with van der Waals surface area (Å²) in [7, 11) is 0. The van der Waals surface area contributed by atoms with Crippen molar-refractivity contribution in [3.05, 3.63) is 267 Å². The smallest absolute Gasteiger partial charge is 0.135 e. The van der Waals surface area contributed by atoms with Crippen molar-refractivity contribution in [1.82, 2.24) is 18.3 Å². The van der Waals surface area contributed by atoms with Gasteiger partial charge in [-0.3, -0.25) is 0 Å². The number of rotatable bonds is 6. The van der Waals surface area contributed by atoms with Crippen molar-refractivity contribution < 1.29 is 4.42 Å². The molecule has 12 aromatic carbocycles. The molecular formula is C72H44N4O. The number of furan rings is 1. The monoisotopic (exact) mass is 980 g/mol. The van der Waals surface area contributed by atoms with Gasteiger partial charge in [-0.2, -0.15) is 0 Å². The molecule has 0 bridgehead atoms. The fraction of sp³-hybridized carbons (Fsp3) is 0. The molecule has 5 heteroatoms. The number of hydrogen-bond donors (Lipinski definition) is 0. The summed E-state index contributed by atoms with van der Waals surface area (Å²) >= 11 is 0. The van der Waals surface area contributed by atoms with Crippen LogP contribution in [0.3, 0.4) is 0 Å². The van der Waals surface area contributed by atoms with Gasteiger partial charge >= 0.3 is 0 Å². The van der Waals surface area contributed by atoms with Crippen molar-refractivity contribution in [2.24, 2.45) is 0 Å². The molecule has 0 aliphatic heterocycles. The summed E-state index contributed by atoms with van der Waals surface area (Å²) < 4.78 is 15.9. The van der Waals surface area contributed by atoms with Crippen LogP contribution in [0.15, 0.2) is 271 Å². The largest absolute Gasteiger partial charge is 0.456 e. The van der Waals surface area contributed by atoms with Crippen LogP contribution < -0.4 is 0 Å². The Kier molecular flexibility index (Phi) is 8.77. The first kappa shape index (κ1) is 42.0. The summed E-state index contributed by atoms with van der Waals surface area (Å²) in [4.78, 5) is 0. The molecule has 17 aromatic rings. The Labute approximate surface area is 441 Å². The van der Waals surface area contributed by atoms with Gasteiger partial charge in [0.05, 0.1) is 44.1 Å². The van der Waals surface area contributed by atoms with Crippen molar-refractivity contribution in [3.8, 4) is 45.0 Å². The molecule has 17 rings (SSSR count). The van der Waals surface area contributed by atoms with E-state index in [0.717, 1.165) is 61.2 Å². The summed E-state index contributed by atoms with van der Waals surface area (Å²) in [5.41, 5.74) is 20.5. The highest BCUT2D eigenvalue weighted by atomic mass is 16.3. The van der Waals surface area contributed by atoms with Crippen molar-refractivity contribution in [2.75, 3.05) is 0 Å². The molecule has 0 aliphatic rings. The second kappa shape index (κ2) is 16.1. The number of aromatic nitrogens is 4. The Balaban J connectivity index is 0.866. The van der Waals surface area contributed by atoms with Gasteiger partial charge in [-0.15, -0.1) is 0 Å². The molecule has 5 aromatic heterocycles. The molecule has 0 radical (unpaired) electrons. The highest BCUT2D eigenvalue weighted by Crippen LogP contribution is 2.43. The van der Waals surface area contributed by atoms with Crippen LogP contribution in [0.5, 0.6) is 0 Å². The third-order valence-electron chi connectivity index (χ3n) is 16.3. The summed E-state index contributed by atoms with van der Waals surface area (Å²) in [5.74, 6) is 0. The molecule has 0 unspecified atom stereocenters. The molecule has 358 valence electrons. The first-order valence-electron chi connectivity index (χ1n) is 26.4. The van der Waals surface area contributed by atoms with E-state index in [4.69, 9.17) is 4.42 Å². The minimum Gasteiger partial charge on any atom is -0.456 e. The fourth-order valence-electron chi connectivity index (χ4n) is 12.9. The van der Waals surface area contributed by atoms with Gasteiger partial charge in [0.1, 0.15) is 11.2 Å². The van der Waals surface area contributed by atoms with Crippen LogP contribution in [0.1, 0.15) is 0 Å². The van der Waals surface area contributed by atoms with Gasteiger partial charge in [-0.25, -0.2) is 0 Å². The van der Waals surface area contributed by atoms with Crippen LogP contribution in [0.25, 0.3) is 154 Å². The van der Waals surface area contributed by atoms with Gasteiger partial charge in [0.25, 0.3) is 0 Å². The quantitative estimate of drug-likeness (QED) is 0.163. The van der Waals surface area contributed by atoms with E-state index >= 15 is 0 Å². The Morgan fingerprint density at radius 1 is 0.182 bits per heavy atom. The lowest BCUT2D eigenvalue weighted by molar-refractivity contribution is 0.669. The molecule has 77 heavy (non-hydrogen) atoms. The van der Waals surface area contributed by atoms with E-state index < -0.39 is 0 Å². The zero-order valence-electron chi connectivity index (χ0n) is 41.6. The van der Waals surface area contributed by atoms with E-state index in [1.54, 1.807) is 0 Å². The van der Waals surface area contributed by atoms with Gasteiger partial charge in [-0.1, -0.05) is 133 Å². The first-order chi connectivity index (χ1) is 38.2. The van der Waals surface area contributed by atoms with Crippen molar-refractivity contribution in [3.63, 3.8) is 0 Å². The number of nitrogens with zero attached hydrogens (tertiary/aromatic N) is 4. The second-order valence-electron chi connectivity index (χ2n) is 20.5. The normalized spacial score (nSPS) is 12.2. The highest BCUT2D eigenvalue weighted by molar-refractivity contribution is 6.16. The first-order valence-corrected chi connectivity index (χ1v) is 26.4. The van der Waals surface area contributed by atoms with E-state index in [-0.39, 0.29) is 0 Å². The predicted octanol–water partition coefficient (Wildman–Crippen LogP) is 19.3. The van der Waals surface area contributed by atoms with Crippen molar-refractivity contribution in [2.45, 2.75) is 0 Å². The molecule has 5 heterocycles. The topological polar surface area (TPSA) is 32.9 Å². The molecular weight excluding hydrogens is 937 g/mol. The fourth-order valence-corrected chi connectivity index (χ4v) is 12.9. The molecule has 5 nitrogen and oxygen atoms in total. The van der Waals surface area contributed by atoms with Gasteiger partial charge in [-0.05, 0) is 156 Å². The maximum Gasteiger partial charge on any atom is 0.135 e. The lowest BCUT2D eigenvalue weighted by atomic mass is 9.98. The maximum absolute atomic E-state index is 6.26. The van der Waals surface area contributed by atoms with Crippen LogP contribution in [0.4, 0.5) is 0 Å². The number of para-hydroxylation sites is 6. The SMILES string of the molecule is c1ccc(-n2c3ccccc3c3cc(-c4ccc5c(c4)c4cc(-c6ccc7c(c6)c6ccccc6n7-c6ccc7oc8ccccc8c7c6)ccc4n5-c4ccc5c(c4)c4ccccc4n5-c4ccccc4)ccc32)cc1. The van der Waals surface area contributed by atoms with E-state index in [1.165, 1.54) is 92.9 Å². The Bertz CT molecular complexity index is 5280. The molecule has 0 spiro atoms. The van der Waals surface area contributed by atoms with Crippen molar-refractivity contribution >= 4 is 109 Å². The minimum absolute atomic E-state index is 0.895. The second-order valence-corrected chi connectivity index (χ2v) is 20.5. The lowest BCUT2D eigenvalue weighted by Crippen LogP contribution is -1.95. The average Bonchev–Trinajstić information content (AvgIpc) is 4.29. The number of benzene rings is 12. The number of fused-ring (bicyclic) bond motifs is 15. The molecule has 0 saturated carbocycles.